The topological polar surface area (TPSA) is 47.3 Å². The van der Waals surface area contributed by atoms with Crippen molar-refractivity contribution in [2.24, 2.45) is 0 Å². The van der Waals surface area contributed by atoms with Crippen molar-refractivity contribution in [1.82, 2.24) is 10.3 Å². The van der Waals surface area contributed by atoms with Gasteiger partial charge in [-0.1, -0.05) is 6.92 Å². The van der Waals surface area contributed by atoms with Crippen molar-refractivity contribution in [3.63, 3.8) is 0 Å². The Kier molecular flexibility index (Phi) is 4.36. The predicted octanol–water partition coefficient (Wildman–Crippen LogP) is 2.07. The molecule has 0 radical (unpaired) electrons. The van der Waals surface area contributed by atoms with Gasteiger partial charge in [0.25, 0.3) is 0 Å². The SMILES string of the molecule is CCNCCc1ncc(C2CCCCO2)o1. The summed E-state index contributed by atoms with van der Waals surface area (Å²) in [6, 6.07) is 0. The molecule has 2 heterocycles. The molecule has 1 saturated heterocycles. The highest BCUT2D eigenvalue weighted by molar-refractivity contribution is 4.99. The highest BCUT2D eigenvalue weighted by Gasteiger charge is 2.19. The fourth-order valence-electron chi connectivity index (χ4n) is 1.93. The summed E-state index contributed by atoms with van der Waals surface area (Å²) in [5.41, 5.74) is 0. The Morgan fingerprint density at radius 3 is 3.19 bits per heavy atom. The Bertz CT molecular complexity index is 306. The molecule has 1 aromatic heterocycles. The number of oxazole rings is 1. The van der Waals surface area contributed by atoms with Gasteiger partial charge >= 0.3 is 0 Å². The molecule has 1 atom stereocenters. The molecule has 0 aliphatic carbocycles. The molecule has 16 heavy (non-hydrogen) atoms. The quantitative estimate of drug-likeness (QED) is 0.778. The Labute approximate surface area is 96.4 Å². The molecule has 0 amide bonds. The van der Waals surface area contributed by atoms with Crippen molar-refractivity contribution in [1.29, 1.82) is 0 Å². The summed E-state index contributed by atoms with van der Waals surface area (Å²) < 4.78 is 11.3. The summed E-state index contributed by atoms with van der Waals surface area (Å²) in [5, 5.41) is 3.25. The van der Waals surface area contributed by atoms with E-state index in [-0.39, 0.29) is 6.10 Å². The number of ether oxygens (including phenoxy) is 1. The number of hydrogen-bond donors (Lipinski definition) is 1. The summed E-state index contributed by atoms with van der Waals surface area (Å²) in [7, 11) is 0. The van der Waals surface area contributed by atoms with Gasteiger partial charge in [0.15, 0.2) is 11.7 Å². The van der Waals surface area contributed by atoms with E-state index in [1.165, 1.54) is 6.42 Å². The molecule has 0 aromatic carbocycles. The zero-order valence-electron chi connectivity index (χ0n) is 9.87. The molecule has 1 aromatic rings. The number of nitrogens with one attached hydrogen (secondary N) is 1. The van der Waals surface area contributed by atoms with Crippen LogP contribution >= 0.6 is 0 Å². The number of aromatic nitrogens is 1. The van der Waals surface area contributed by atoms with E-state index in [2.05, 4.69) is 17.2 Å². The van der Waals surface area contributed by atoms with Gasteiger partial charge in [-0.05, 0) is 25.8 Å². The second kappa shape index (κ2) is 6.01. The Hall–Kier alpha value is -0.870. The average molecular weight is 224 g/mol. The molecule has 1 aliphatic heterocycles. The first-order valence-corrected chi connectivity index (χ1v) is 6.17. The van der Waals surface area contributed by atoms with Crippen LogP contribution in [0.25, 0.3) is 0 Å². The van der Waals surface area contributed by atoms with E-state index in [0.29, 0.717) is 0 Å². The van der Waals surface area contributed by atoms with E-state index in [1.807, 2.05) is 6.20 Å². The van der Waals surface area contributed by atoms with E-state index in [4.69, 9.17) is 9.15 Å². The minimum Gasteiger partial charge on any atom is -0.443 e. The van der Waals surface area contributed by atoms with Gasteiger partial charge in [-0.15, -0.1) is 0 Å². The molecular formula is C12H20N2O2. The Morgan fingerprint density at radius 1 is 1.50 bits per heavy atom. The molecular weight excluding hydrogens is 204 g/mol. The van der Waals surface area contributed by atoms with E-state index >= 15 is 0 Å². The molecule has 90 valence electrons. The van der Waals surface area contributed by atoms with Crippen LogP contribution in [-0.2, 0) is 11.2 Å². The van der Waals surface area contributed by atoms with Gasteiger partial charge in [-0.25, -0.2) is 4.98 Å². The summed E-state index contributed by atoms with van der Waals surface area (Å²) in [4.78, 5) is 4.28. The fraction of sp³-hybridized carbons (Fsp3) is 0.750. The van der Waals surface area contributed by atoms with E-state index in [9.17, 15) is 0 Å². The maximum atomic E-state index is 5.69. The first kappa shape index (κ1) is 11.6. The van der Waals surface area contributed by atoms with Crippen LogP contribution in [0, 0.1) is 0 Å². The third kappa shape index (κ3) is 3.06. The summed E-state index contributed by atoms with van der Waals surface area (Å²) in [6.07, 6.45) is 6.24. The van der Waals surface area contributed by atoms with Gasteiger partial charge in [0, 0.05) is 19.6 Å². The van der Waals surface area contributed by atoms with Gasteiger partial charge in [0.05, 0.1) is 6.20 Å². The van der Waals surface area contributed by atoms with Crippen LogP contribution in [0.15, 0.2) is 10.6 Å². The zero-order valence-corrected chi connectivity index (χ0v) is 9.87. The molecule has 0 saturated carbocycles. The smallest absolute Gasteiger partial charge is 0.195 e. The molecule has 4 nitrogen and oxygen atoms in total. The predicted molar refractivity (Wildman–Crippen MR) is 61.3 cm³/mol. The highest BCUT2D eigenvalue weighted by atomic mass is 16.5. The van der Waals surface area contributed by atoms with Crippen molar-refractivity contribution in [2.75, 3.05) is 19.7 Å². The monoisotopic (exact) mass is 224 g/mol. The fourth-order valence-corrected chi connectivity index (χ4v) is 1.93. The van der Waals surface area contributed by atoms with Crippen LogP contribution in [0.1, 0.15) is 43.9 Å². The van der Waals surface area contributed by atoms with Gasteiger partial charge in [0.2, 0.25) is 0 Å². The van der Waals surface area contributed by atoms with Crippen molar-refractivity contribution in [2.45, 2.75) is 38.7 Å². The number of rotatable bonds is 5. The van der Waals surface area contributed by atoms with Crippen LogP contribution in [0.2, 0.25) is 0 Å². The van der Waals surface area contributed by atoms with Gasteiger partial charge in [0.1, 0.15) is 6.10 Å². The molecule has 1 fully saturated rings. The minimum absolute atomic E-state index is 0.133. The number of nitrogens with zero attached hydrogens (tertiary/aromatic N) is 1. The largest absolute Gasteiger partial charge is 0.443 e. The van der Waals surface area contributed by atoms with E-state index in [0.717, 1.165) is 50.6 Å². The van der Waals surface area contributed by atoms with Crippen LogP contribution in [0.5, 0.6) is 0 Å². The number of likely N-dealkylation sites (N-methyl/N-ethyl adjacent to an activating group) is 1. The zero-order chi connectivity index (χ0) is 11.2. The molecule has 1 N–H and O–H groups in total. The summed E-state index contributed by atoms with van der Waals surface area (Å²) >= 11 is 0. The van der Waals surface area contributed by atoms with E-state index in [1.54, 1.807) is 0 Å². The second-order valence-corrected chi connectivity index (χ2v) is 4.12. The lowest BCUT2D eigenvalue weighted by molar-refractivity contribution is 0.00128. The molecule has 0 spiro atoms. The lowest BCUT2D eigenvalue weighted by Gasteiger charge is -2.19. The van der Waals surface area contributed by atoms with Crippen LogP contribution in [0.4, 0.5) is 0 Å². The van der Waals surface area contributed by atoms with Crippen molar-refractivity contribution in [3.8, 4) is 0 Å². The van der Waals surface area contributed by atoms with Crippen molar-refractivity contribution < 1.29 is 9.15 Å². The lowest BCUT2D eigenvalue weighted by Crippen LogP contribution is -2.16. The van der Waals surface area contributed by atoms with Crippen LogP contribution < -0.4 is 5.32 Å². The highest BCUT2D eigenvalue weighted by Crippen LogP contribution is 2.28. The third-order valence-corrected chi connectivity index (χ3v) is 2.83. The Balaban J connectivity index is 1.85. The molecule has 2 rings (SSSR count). The molecule has 4 heteroatoms. The average Bonchev–Trinajstić information content (AvgIpc) is 2.79. The van der Waals surface area contributed by atoms with Crippen molar-refractivity contribution >= 4 is 0 Å². The molecule has 1 aliphatic rings. The minimum atomic E-state index is 0.133. The van der Waals surface area contributed by atoms with Gasteiger partial charge < -0.3 is 14.5 Å². The maximum absolute atomic E-state index is 5.69. The number of hydrogen-bond acceptors (Lipinski definition) is 4. The lowest BCUT2D eigenvalue weighted by atomic mass is 10.1. The normalized spacial score (nSPS) is 21.2. The summed E-state index contributed by atoms with van der Waals surface area (Å²) in [6.45, 7) is 4.84. The molecule has 0 bridgehead atoms. The standard InChI is InChI=1S/C12H20N2O2/c1-2-13-7-6-12-14-9-11(16-12)10-5-3-4-8-15-10/h9-10,13H,2-8H2,1H3. The maximum Gasteiger partial charge on any atom is 0.195 e. The third-order valence-electron chi connectivity index (χ3n) is 2.83. The van der Waals surface area contributed by atoms with Crippen LogP contribution in [-0.4, -0.2) is 24.7 Å². The van der Waals surface area contributed by atoms with Crippen molar-refractivity contribution in [3.05, 3.63) is 17.8 Å². The first-order valence-electron chi connectivity index (χ1n) is 6.17. The Morgan fingerprint density at radius 2 is 2.44 bits per heavy atom. The van der Waals surface area contributed by atoms with Gasteiger partial charge in [-0.2, -0.15) is 0 Å². The molecule has 1 unspecified atom stereocenters. The van der Waals surface area contributed by atoms with Gasteiger partial charge in [-0.3, -0.25) is 0 Å². The van der Waals surface area contributed by atoms with Crippen LogP contribution in [0.3, 0.4) is 0 Å². The summed E-state index contributed by atoms with van der Waals surface area (Å²) in [5.74, 6) is 1.70. The second-order valence-electron chi connectivity index (χ2n) is 4.12. The van der Waals surface area contributed by atoms with E-state index < -0.39 is 0 Å². The first-order chi connectivity index (χ1) is 7.90.